The number of carbonyl (C=O) groups excluding carboxylic acids is 1. The van der Waals surface area contributed by atoms with E-state index in [2.05, 4.69) is 20.5 Å². The van der Waals surface area contributed by atoms with E-state index in [9.17, 15) is 13.6 Å². The number of hydrogen-bond donors (Lipinski definition) is 3. The molecule has 3 aromatic rings. The number of benzene rings is 2. The number of nitrogens with one attached hydrogen (secondary N) is 2. The maximum absolute atomic E-state index is 13.4. The third-order valence-electron chi connectivity index (χ3n) is 5.09. The van der Waals surface area contributed by atoms with Crippen LogP contribution in [0.2, 0.25) is 0 Å². The van der Waals surface area contributed by atoms with Crippen molar-refractivity contribution in [3.8, 4) is 0 Å². The Kier molecular flexibility index (Phi) is 6.46. The second kappa shape index (κ2) is 9.61. The predicted molar refractivity (Wildman–Crippen MR) is 119 cm³/mol. The number of primary amides is 1. The fourth-order valence-corrected chi connectivity index (χ4v) is 3.50. The van der Waals surface area contributed by atoms with Gasteiger partial charge in [0.2, 0.25) is 0 Å². The highest BCUT2D eigenvalue weighted by Crippen LogP contribution is 2.24. The summed E-state index contributed by atoms with van der Waals surface area (Å²) in [6.07, 6.45) is 1.36. The Labute approximate surface area is 184 Å². The van der Waals surface area contributed by atoms with Crippen LogP contribution in [0.25, 0.3) is 0 Å². The summed E-state index contributed by atoms with van der Waals surface area (Å²) < 4.78 is 32.3. The first-order valence-electron chi connectivity index (χ1n) is 10.2. The van der Waals surface area contributed by atoms with Crippen molar-refractivity contribution in [3.63, 3.8) is 0 Å². The Morgan fingerprint density at radius 2 is 1.75 bits per heavy atom. The molecule has 9 heteroatoms. The molecule has 4 N–H and O–H groups in total. The van der Waals surface area contributed by atoms with E-state index in [-0.39, 0.29) is 12.1 Å². The van der Waals surface area contributed by atoms with E-state index in [1.54, 1.807) is 6.07 Å². The first-order valence-corrected chi connectivity index (χ1v) is 10.2. The number of carbonyl (C=O) groups is 1. The molecule has 2 aromatic carbocycles. The quantitative estimate of drug-likeness (QED) is 0.521. The van der Waals surface area contributed by atoms with Crippen LogP contribution in [0.15, 0.2) is 54.7 Å². The standard InChI is InChI=1S/C23H23F2N5O2/c24-16-9-15(10-17(25)11-16)13-27-21-12-22(28-14-20(21)23(26)31)29-18-1-3-19(4-2-18)30-5-7-32-8-6-30/h1-4,9-12,14H,5-8,13H2,(H2,26,31)(H2,27,28,29). The predicted octanol–water partition coefficient (Wildman–Crippen LogP) is 3.65. The summed E-state index contributed by atoms with van der Waals surface area (Å²) in [7, 11) is 0. The van der Waals surface area contributed by atoms with E-state index in [0.717, 1.165) is 30.5 Å². The largest absolute Gasteiger partial charge is 0.380 e. The van der Waals surface area contributed by atoms with Crippen molar-refractivity contribution < 1.29 is 18.3 Å². The summed E-state index contributed by atoms with van der Waals surface area (Å²) in [5.74, 6) is -1.52. The van der Waals surface area contributed by atoms with Crippen LogP contribution in [0.3, 0.4) is 0 Å². The molecule has 1 fully saturated rings. The lowest BCUT2D eigenvalue weighted by molar-refractivity contribution is 0.100. The van der Waals surface area contributed by atoms with Crippen LogP contribution in [0.4, 0.5) is 31.7 Å². The van der Waals surface area contributed by atoms with Gasteiger partial charge in [-0.25, -0.2) is 13.8 Å². The summed E-state index contributed by atoms with van der Waals surface area (Å²) in [4.78, 5) is 18.3. The number of nitrogens with two attached hydrogens (primary N) is 1. The molecule has 1 aliphatic rings. The first-order chi connectivity index (χ1) is 15.5. The van der Waals surface area contributed by atoms with Crippen molar-refractivity contribution in [3.05, 3.63) is 77.5 Å². The van der Waals surface area contributed by atoms with Crippen LogP contribution in [0, 0.1) is 11.6 Å². The molecule has 1 aromatic heterocycles. The van der Waals surface area contributed by atoms with Gasteiger partial charge in [-0.3, -0.25) is 4.79 Å². The van der Waals surface area contributed by atoms with E-state index in [1.807, 2.05) is 24.3 Å². The van der Waals surface area contributed by atoms with Gasteiger partial charge in [0, 0.05) is 49.3 Å². The van der Waals surface area contributed by atoms with E-state index in [4.69, 9.17) is 10.5 Å². The van der Waals surface area contributed by atoms with E-state index in [0.29, 0.717) is 30.3 Å². The van der Waals surface area contributed by atoms with Crippen LogP contribution in [0.1, 0.15) is 15.9 Å². The number of ether oxygens (including phenoxy) is 1. The van der Waals surface area contributed by atoms with Crippen LogP contribution >= 0.6 is 0 Å². The Hall–Kier alpha value is -3.72. The third-order valence-corrected chi connectivity index (χ3v) is 5.09. The van der Waals surface area contributed by atoms with Gasteiger partial charge in [-0.05, 0) is 42.0 Å². The second-order valence-corrected chi connectivity index (χ2v) is 7.38. The Morgan fingerprint density at radius 3 is 2.41 bits per heavy atom. The molecule has 0 unspecified atom stereocenters. The van der Waals surface area contributed by atoms with Crippen molar-refractivity contribution in [1.29, 1.82) is 0 Å². The summed E-state index contributed by atoms with van der Waals surface area (Å²) in [6.45, 7) is 3.25. The summed E-state index contributed by atoms with van der Waals surface area (Å²) in [5.41, 5.74) is 8.35. The number of rotatable bonds is 7. The number of hydrogen-bond acceptors (Lipinski definition) is 6. The number of nitrogens with zero attached hydrogens (tertiary/aromatic N) is 2. The molecule has 0 bridgehead atoms. The van der Waals surface area contributed by atoms with Crippen molar-refractivity contribution in [2.24, 2.45) is 5.73 Å². The minimum Gasteiger partial charge on any atom is -0.380 e. The number of halogens is 2. The van der Waals surface area contributed by atoms with E-state index in [1.165, 1.54) is 18.3 Å². The summed E-state index contributed by atoms with van der Waals surface area (Å²) in [5, 5.41) is 6.20. The van der Waals surface area contributed by atoms with Gasteiger partial charge in [-0.2, -0.15) is 0 Å². The lowest BCUT2D eigenvalue weighted by atomic mass is 10.1. The van der Waals surface area contributed by atoms with Gasteiger partial charge in [-0.1, -0.05) is 0 Å². The molecule has 1 amide bonds. The minimum absolute atomic E-state index is 0.104. The number of pyridine rings is 1. The van der Waals surface area contributed by atoms with Crippen molar-refractivity contribution in [1.82, 2.24) is 4.98 Å². The third kappa shape index (κ3) is 5.30. The molecular weight excluding hydrogens is 416 g/mol. The molecule has 0 aliphatic carbocycles. The Balaban J connectivity index is 1.48. The van der Waals surface area contributed by atoms with Crippen LogP contribution in [-0.2, 0) is 11.3 Å². The molecule has 1 saturated heterocycles. The molecule has 32 heavy (non-hydrogen) atoms. The first kappa shape index (κ1) is 21.5. The van der Waals surface area contributed by atoms with Gasteiger partial charge >= 0.3 is 0 Å². The maximum Gasteiger partial charge on any atom is 0.252 e. The van der Waals surface area contributed by atoms with Crippen molar-refractivity contribution >= 4 is 28.8 Å². The summed E-state index contributed by atoms with van der Waals surface area (Å²) >= 11 is 0. The smallest absolute Gasteiger partial charge is 0.252 e. The average Bonchev–Trinajstić information content (AvgIpc) is 2.78. The molecule has 0 atom stereocenters. The summed E-state index contributed by atoms with van der Waals surface area (Å²) in [6, 6.07) is 12.8. The van der Waals surface area contributed by atoms with Gasteiger partial charge in [0.15, 0.2) is 0 Å². The number of anilines is 4. The zero-order valence-corrected chi connectivity index (χ0v) is 17.3. The van der Waals surface area contributed by atoms with Gasteiger partial charge in [0.25, 0.3) is 5.91 Å². The molecule has 0 radical (unpaired) electrons. The monoisotopic (exact) mass is 439 g/mol. The van der Waals surface area contributed by atoms with Gasteiger partial charge < -0.3 is 26.0 Å². The normalized spacial score (nSPS) is 13.6. The lowest BCUT2D eigenvalue weighted by Crippen LogP contribution is -2.36. The van der Waals surface area contributed by atoms with E-state index < -0.39 is 17.5 Å². The highest BCUT2D eigenvalue weighted by Gasteiger charge is 2.13. The number of morpholine rings is 1. The molecule has 0 saturated carbocycles. The number of amides is 1. The van der Waals surface area contributed by atoms with Crippen molar-refractivity contribution in [2.75, 3.05) is 41.8 Å². The van der Waals surface area contributed by atoms with Gasteiger partial charge in [-0.15, -0.1) is 0 Å². The van der Waals surface area contributed by atoms with Gasteiger partial charge in [0.05, 0.1) is 24.5 Å². The Bertz CT molecular complexity index is 1080. The van der Waals surface area contributed by atoms with Crippen LogP contribution < -0.4 is 21.3 Å². The van der Waals surface area contributed by atoms with Crippen molar-refractivity contribution in [2.45, 2.75) is 6.54 Å². The Morgan fingerprint density at radius 1 is 1.06 bits per heavy atom. The topological polar surface area (TPSA) is 92.5 Å². The minimum atomic E-state index is -0.672. The van der Waals surface area contributed by atoms with Crippen LogP contribution in [-0.4, -0.2) is 37.2 Å². The molecule has 0 spiro atoms. The molecular formula is C23H23F2N5O2. The molecule has 1 aliphatic heterocycles. The fourth-order valence-electron chi connectivity index (χ4n) is 3.50. The molecule has 166 valence electrons. The molecule has 4 rings (SSSR count). The van der Waals surface area contributed by atoms with Gasteiger partial charge in [0.1, 0.15) is 17.5 Å². The molecule has 7 nitrogen and oxygen atoms in total. The fraction of sp³-hybridized carbons (Fsp3) is 0.217. The zero-order chi connectivity index (χ0) is 22.5. The van der Waals surface area contributed by atoms with E-state index >= 15 is 0 Å². The lowest BCUT2D eigenvalue weighted by Gasteiger charge is -2.28. The second-order valence-electron chi connectivity index (χ2n) is 7.38. The highest BCUT2D eigenvalue weighted by atomic mass is 19.1. The highest BCUT2D eigenvalue weighted by molar-refractivity contribution is 5.98. The maximum atomic E-state index is 13.4. The zero-order valence-electron chi connectivity index (χ0n) is 17.3. The SMILES string of the molecule is NC(=O)c1cnc(Nc2ccc(N3CCOCC3)cc2)cc1NCc1cc(F)cc(F)c1. The number of aromatic nitrogens is 1. The average molecular weight is 439 g/mol. The molecule has 2 heterocycles. The van der Waals surface area contributed by atoms with Crippen LogP contribution in [0.5, 0.6) is 0 Å².